The highest BCUT2D eigenvalue weighted by atomic mass is 32.2. The summed E-state index contributed by atoms with van der Waals surface area (Å²) in [5, 5.41) is 10.8. The second-order valence-corrected chi connectivity index (χ2v) is 6.47. The van der Waals surface area contributed by atoms with Crippen molar-refractivity contribution >= 4 is 21.9 Å². The van der Waals surface area contributed by atoms with Crippen molar-refractivity contribution < 1.29 is 27.5 Å². The first-order valence-corrected chi connectivity index (χ1v) is 7.80. The number of furan rings is 1. The molecule has 0 saturated carbocycles. The van der Waals surface area contributed by atoms with Gasteiger partial charge in [-0.1, -0.05) is 13.8 Å². The van der Waals surface area contributed by atoms with E-state index in [1.165, 1.54) is 0 Å². The number of hydrogen-bond donors (Lipinski definition) is 3. The molecule has 0 atom stereocenters. The molecule has 0 fully saturated rings. The molecule has 3 N–H and O–H groups in total. The SMILES string of the molecule is CC(C)CNC(=O)CCNS(=O)(=O)c1ccc(C(=O)O)o1. The Labute approximate surface area is 122 Å². The molecule has 0 aliphatic carbocycles. The Kier molecular flexibility index (Phi) is 5.91. The maximum atomic E-state index is 11.8. The van der Waals surface area contributed by atoms with Gasteiger partial charge in [-0.25, -0.2) is 17.9 Å². The molecule has 0 aliphatic rings. The van der Waals surface area contributed by atoms with Crippen molar-refractivity contribution in [3.8, 4) is 0 Å². The molecule has 0 unspecified atom stereocenters. The van der Waals surface area contributed by atoms with E-state index in [2.05, 4.69) is 10.0 Å². The van der Waals surface area contributed by atoms with Crippen LogP contribution in [0.25, 0.3) is 0 Å². The smallest absolute Gasteiger partial charge is 0.371 e. The largest absolute Gasteiger partial charge is 0.475 e. The van der Waals surface area contributed by atoms with E-state index >= 15 is 0 Å². The lowest BCUT2D eigenvalue weighted by Crippen LogP contribution is -2.32. The maximum Gasteiger partial charge on any atom is 0.371 e. The summed E-state index contributed by atoms with van der Waals surface area (Å²) in [7, 11) is -3.96. The Hall–Kier alpha value is -1.87. The molecule has 0 aromatic carbocycles. The van der Waals surface area contributed by atoms with Gasteiger partial charge in [0.15, 0.2) is 0 Å². The highest BCUT2D eigenvalue weighted by Gasteiger charge is 2.20. The Bertz CT molecular complexity index is 605. The number of rotatable bonds is 8. The second kappa shape index (κ2) is 7.23. The molecular weight excluding hydrogens is 300 g/mol. The number of amides is 1. The van der Waals surface area contributed by atoms with Crippen molar-refractivity contribution in [3.05, 3.63) is 17.9 Å². The van der Waals surface area contributed by atoms with E-state index < -0.39 is 26.8 Å². The van der Waals surface area contributed by atoms with Crippen LogP contribution in [0.1, 0.15) is 30.8 Å². The first-order chi connectivity index (χ1) is 9.72. The summed E-state index contributed by atoms with van der Waals surface area (Å²) in [6.07, 6.45) is -0.0154. The number of aromatic carboxylic acids is 1. The molecule has 0 saturated heterocycles. The first kappa shape index (κ1) is 17.2. The van der Waals surface area contributed by atoms with Crippen LogP contribution in [0.5, 0.6) is 0 Å². The van der Waals surface area contributed by atoms with Crippen molar-refractivity contribution in [1.29, 1.82) is 0 Å². The van der Waals surface area contributed by atoms with Crippen molar-refractivity contribution in [2.75, 3.05) is 13.1 Å². The highest BCUT2D eigenvalue weighted by molar-refractivity contribution is 7.89. The lowest BCUT2D eigenvalue weighted by molar-refractivity contribution is -0.121. The van der Waals surface area contributed by atoms with E-state index in [-0.39, 0.29) is 18.9 Å². The van der Waals surface area contributed by atoms with Crippen molar-refractivity contribution in [3.63, 3.8) is 0 Å². The minimum atomic E-state index is -3.96. The van der Waals surface area contributed by atoms with Crippen LogP contribution in [0.15, 0.2) is 21.6 Å². The molecular formula is C12H18N2O6S. The summed E-state index contributed by atoms with van der Waals surface area (Å²) in [4.78, 5) is 22.0. The molecule has 8 nitrogen and oxygen atoms in total. The summed E-state index contributed by atoms with van der Waals surface area (Å²) in [6.45, 7) is 4.31. The quantitative estimate of drug-likeness (QED) is 0.637. The fourth-order valence-corrected chi connectivity index (χ4v) is 2.32. The van der Waals surface area contributed by atoms with Gasteiger partial charge in [-0.05, 0) is 18.1 Å². The standard InChI is InChI=1S/C12H18N2O6S/c1-8(2)7-13-10(15)5-6-14-21(18,19)11-4-3-9(20-11)12(16)17/h3-4,8,14H,5-7H2,1-2H3,(H,13,15)(H,16,17). The van der Waals surface area contributed by atoms with Crippen LogP contribution >= 0.6 is 0 Å². The Morgan fingerprint density at radius 1 is 1.33 bits per heavy atom. The molecule has 1 amide bonds. The summed E-state index contributed by atoms with van der Waals surface area (Å²) in [5.41, 5.74) is 0. The molecule has 118 valence electrons. The normalized spacial score (nSPS) is 11.6. The summed E-state index contributed by atoms with van der Waals surface area (Å²) in [5.74, 6) is -1.78. The van der Waals surface area contributed by atoms with Crippen LogP contribution in [-0.4, -0.2) is 38.5 Å². The fourth-order valence-electron chi connectivity index (χ4n) is 1.36. The van der Waals surface area contributed by atoms with Gasteiger partial charge in [0.05, 0.1) is 0 Å². The van der Waals surface area contributed by atoms with Crippen molar-refractivity contribution in [2.45, 2.75) is 25.4 Å². The topological polar surface area (TPSA) is 126 Å². The van der Waals surface area contributed by atoms with E-state index in [1.807, 2.05) is 13.8 Å². The molecule has 0 aliphatic heterocycles. The average molecular weight is 318 g/mol. The van der Waals surface area contributed by atoms with Gasteiger partial charge in [0.2, 0.25) is 16.8 Å². The Morgan fingerprint density at radius 2 is 2.00 bits per heavy atom. The molecule has 0 spiro atoms. The van der Waals surface area contributed by atoms with Gasteiger partial charge < -0.3 is 14.8 Å². The minimum Gasteiger partial charge on any atom is -0.475 e. The zero-order chi connectivity index (χ0) is 16.0. The third-order valence-electron chi connectivity index (χ3n) is 2.41. The van der Waals surface area contributed by atoms with Gasteiger partial charge in [0.25, 0.3) is 10.0 Å². The van der Waals surface area contributed by atoms with Crippen LogP contribution < -0.4 is 10.0 Å². The maximum absolute atomic E-state index is 11.8. The molecule has 1 aromatic rings. The lowest BCUT2D eigenvalue weighted by Gasteiger charge is -2.08. The summed E-state index contributed by atoms with van der Waals surface area (Å²) >= 11 is 0. The molecule has 9 heteroatoms. The van der Waals surface area contributed by atoms with Gasteiger partial charge in [0, 0.05) is 19.5 Å². The first-order valence-electron chi connectivity index (χ1n) is 6.32. The molecule has 21 heavy (non-hydrogen) atoms. The van der Waals surface area contributed by atoms with Gasteiger partial charge in [0.1, 0.15) is 0 Å². The van der Waals surface area contributed by atoms with E-state index in [9.17, 15) is 18.0 Å². The fraction of sp³-hybridized carbons (Fsp3) is 0.500. The molecule has 1 heterocycles. The Morgan fingerprint density at radius 3 is 2.52 bits per heavy atom. The number of carboxylic acids is 1. The van der Waals surface area contributed by atoms with Crippen molar-refractivity contribution in [1.82, 2.24) is 10.0 Å². The zero-order valence-electron chi connectivity index (χ0n) is 11.8. The van der Waals surface area contributed by atoms with E-state index in [1.54, 1.807) is 0 Å². The van der Waals surface area contributed by atoms with Crippen LogP contribution in [-0.2, 0) is 14.8 Å². The van der Waals surface area contributed by atoms with Crippen LogP contribution in [0.3, 0.4) is 0 Å². The summed E-state index contributed by atoms with van der Waals surface area (Å²) < 4.78 is 30.4. The number of hydrogen-bond acceptors (Lipinski definition) is 5. The number of carboxylic acid groups (broad SMARTS) is 1. The molecule has 0 radical (unpaired) electrons. The lowest BCUT2D eigenvalue weighted by atomic mass is 10.2. The van der Waals surface area contributed by atoms with Crippen LogP contribution in [0.4, 0.5) is 0 Å². The van der Waals surface area contributed by atoms with Gasteiger partial charge in [-0.15, -0.1) is 0 Å². The number of carbonyl (C=O) groups is 2. The second-order valence-electron chi connectivity index (χ2n) is 4.77. The monoisotopic (exact) mass is 318 g/mol. The van der Waals surface area contributed by atoms with Crippen molar-refractivity contribution in [2.24, 2.45) is 5.92 Å². The summed E-state index contributed by atoms with van der Waals surface area (Å²) in [6, 6.07) is 2.09. The Balaban J connectivity index is 2.49. The van der Waals surface area contributed by atoms with Gasteiger partial charge >= 0.3 is 5.97 Å². The number of carbonyl (C=O) groups excluding carboxylic acids is 1. The van der Waals surface area contributed by atoms with E-state index in [0.29, 0.717) is 12.5 Å². The van der Waals surface area contributed by atoms with Crippen LogP contribution in [0, 0.1) is 5.92 Å². The highest BCUT2D eigenvalue weighted by Crippen LogP contribution is 2.13. The molecule has 1 rings (SSSR count). The number of nitrogens with one attached hydrogen (secondary N) is 2. The predicted octanol–water partition coefficient (Wildman–Crippen LogP) is 0.418. The van der Waals surface area contributed by atoms with Gasteiger partial charge in [-0.2, -0.15) is 0 Å². The predicted molar refractivity (Wildman–Crippen MR) is 73.3 cm³/mol. The third kappa shape index (κ3) is 5.56. The van der Waals surface area contributed by atoms with Crippen LogP contribution in [0.2, 0.25) is 0 Å². The minimum absolute atomic E-state index is 0.0154. The number of sulfonamides is 1. The van der Waals surface area contributed by atoms with E-state index in [0.717, 1.165) is 12.1 Å². The average Bonchev–Trinajstić information content (AvgIpc) is 2.86. The molecule has 1 aromatic heterocycles. The third-order valence-corrected chi connectivity index (χ3v) is 3.74. The molecule has 0 bridgehead atoms. The van der Waals surface area contributed by atoms with E-state index in [4.69, 9.17) is 9.52 Å². The van der Waals surface area contributed by atoms with Gasteiger partial charge in [-0.3, -0.25) is 4.79 Å². The zero-order valence-corrected chi connectivity index (χ0v) is 12.6.